The highest BCUT2D eigenvalue weighted by atomic mass is 16.2. The van der Waals surface area contributed by atoms with Gasteiger partial charge in [-0.1, -0.05) is 0 Å². The highest BCUT2D eigenvalue weighted by Gasteiger charge is 1.60. The van der Waals surface area contributed by atoms with Gasteiger partial charge in [-0.2, -0.15) is 0 Å². The van der Waals surface area contributed by atoms with E-state index >= 15 is 0 Å². The van der Waals surface area contributed by atoms with E-state index in [0.717, 1.165) is 0 Å². The summed E-state index contributed by atoms with van der Waals surface area (Å²) < 4.78 is 0. The standard InChI is InChI=1S/BH5N2O/c2-3-1-4/h1,3-4H,2H2. The van der Waals surface area contributed by atoms with E-state index in [9.17, 15) is 0 Å². The number of hydrazine groups is 1. The van der Waals surface area contributed by atoms with Gasteiger partial charge in [-0.25, -0.2) is 0 Å². The van der Waals surface area contributed by atoms with Gasteiger partial charge in [0, 0.05) is 0 Å². The van der Waals surface area contributed by atoms with Crippen molar-refractivity contribution in [3.63, 3.8) is 0 Å². The third-order valence-electron chi connectivity index (χ3n) is 0.0913. The summed E-state index contributed by atoms with van der Waals surface area (Å²) in [4.78, 5) is 0. The fourth-order valence-corrected chi connectivity index (χ4v) is 0. The summed E-state index contributed by atoms with van der Waals surface area (Å²) in [6.07, 6.45) is 0. The topological polar surface area (TPSA) is 58.3 Å². The Morgan fingerprint density at radius 3 is 2.25 bits per heavy atom. The lowest BCUT2D eigenvalue weighted by Crippen LogP contribution is -2.25. The minimum absolute atomic E-state index is 0.153. The molecule has 0 fully saturated rings. The molecule has 3 nitrogen and oxygen atoms in total. The van der Waals surface area contributed by atoms with E-state index in [4.69, 9.17) is 5.02 Å². The van der Waals surface area contributed by atoms with Crippen LogP contribution in [0.4, 0.5) is 0 Å². The summed E-state index contributed by atoms with van der Waals surface area (Å²) in [7, 11) is -0.153. The van der Waals surface area contributed by atoms with Crippen LogP contribution in [0.5, 0.6) is 0 Å². The van der Waals surface area contributed by atoms with Crippen LogP contribution in [0.25, 0.3) is 0 Å². The van der Waals surface area contributed by atoms with Gasteiger partial charge < -0.3 is 5.02 Å². The molecule has 0 aliphatic rings. The summed E-state index contributed by atoms with van der Waals surface area (Å²) in [5, 5.41) is 9.62. The molecule has 0 aliphatic carbocycles. The molecule has 0 saturated heterocycles. The van der Waals surface area contributed by atoms with Gasteiger partial charge in [0.1, 0.15) is 0 Å². The Hall–Kier alpha value is -0.0551. The van der Waals surface area contributed by atoms with Crippen molar-refractivity contribution in [2.24, 2.45) is 5.84 Å². The van der Waals surface area contributed by atoms with Crippen molar-refractivity contribution >= 4 is 7.62 Å². The highest BCUT2D eigenvalue weighted by molar-refractivity contribution is 6.20. The first-order chi connectivity index (χ1) is 1.91. The lowest BCUT2D eigenvalue weighted by molar-refractivity contribution is 0.584. The largest absolute Gasteiger partial charge is 0.439 e. The van der Waals surface area contributed by atoms with E-state index < -0.39 is 0 Å². The Labute approximate surface area is 25.1 Å². The quantitative estimate of drug-likeness (QED) is 0.181. The van der Waals surface area contributed by atoms with E-state index in [1.807, 2.05) is 5.34 Å². The summed E-state index contributed by atoms with van der Waals surface area (Å²) in [6.45, 7) is 0. The molecule has 4 heteroatoms. The van der Waals surface area contributed by atoms with Gasteiger partial charge in [0.2, 0.25) is 0 Å². The van der Waals surface area contributed by atoms with Gasteiger partial charge in [0.05, 0.1) is 0 Å². The van der Waals surface area contributed by atoms with E-state index in [0.29, 0.717) is 0 Å². The molecule has 0 amide bonds. The Morgan fingerprint density at radius 1 is 2.00 bits per heavy atom. The molecule has 0 spiro atoms. The third kappa shape index (κ3) is 1.94. The zero-order chi connectivity index (χ0) is 3.41. The first-order valence-electron chi connectivity index (χ1n) is 0.958. The van der Waals surface area contributed by atoms with E-state index in [2.05, 4.69) is 5.84 Å². The van der Waals surface area contributed by atoms with Crippen molar-refractivity contribution < 1.29 is 5.02 Å². The molecular weight excluding hydrogens is 54.8 g/mol. The second kappa shape index (κ2) is 2.94. The molecule has 0 saturated carbocycles. The highest BCUT2D eigenvalue weighted by Crippen LogP contribution is 1.09. The van der Waals surface area contributed by atoms with E-state index in [1.54, 1.807) is 0 Å². The average molecular weight is 59.9 g/mol. The first kappa shape index (κ1) is 3.94. The summed E-state index contributed by atoms with van der Waals surface area (Å²) >= 11 is 0. The Bertz CT molecular complexity index is 8.00. The van der Waals surface area contributed by atoms with Crippen LogP contribution in [0.3, 0.4) is 0 Å². The predicted molar refractivity (Wildman–Crippen MR) is 16.7 cm³/mol. The third-order valence-corrected chi connectivity index (χ3v) is 0.0913. The normalized spacial score (nSPS) is 6.50. The van der Waals surface area contributed by atoms with Crippen LogP contribution in [0.2, 0.25) is 0 Å². The molecule has 0 aliphatic heterocycles. The predicted octanol–water partition coefficient (Wildman–Crippen LogP) is -2.29. The summed E-state index contributed by atoms with van der Waals surface area (Å²) in [5.74, 6) is 4.53. The molecular formula is H5BN2O. The van der Waals surface area contributed by atoms with E-state index in [1.165, 1.54) is 0 Å². The van der Waals surface area contributed by atoms with Gasteiger partial charge in [-0.3, -0.25) is 11.2 Å². The maximum absolute atomic E-state index is 7.64. The fourth-order valence-electron chi connectivity index (χ4n) is 0. The molecule has 0 bridgehead atoms. The van der Waals surface area contributed by atoms with Crippen LogP contribution in [-0.2, 0) is 0 Å². The maximum atomic E-state index is 7.64. The van der Waals surface area contributed by atoms with Crippen molar-refractivity contribution in [3.8, 4) is 0 Å². The van der Waals surface area contributed by atoms with Crippen molar-refractivity contribution in [3.05, 3.63) is 0 Å². The number of rotatable bonds is 1. The molecule has 0 aromatic rings. The number of nitrogens with one attached hydrogen (secondary N) is 1. The van der Waals surface area contributed by atoms with Crippen LogP contribution in [-0.4, -0.2) is 12.6 Å². The number of hydrogen-bond donors (Lipinski definition) is 3. The molecule has 0 unspecified atom stereocenters. The molecule has 4 heavy (non-hydrogen) atoms. The smallest absolute Gasteiger partial charge is 0.372 e. The monoisotopic (exact) mass is 60.0 g/mol. The minimum atomic E-state index is -0.153. The lowest BCUT2D eigenvalue weighted by Gasteiger charge is -1.72. The maximum Gasteiger partial charge on any atom is 0.372 e. The van der Waals surface area contributed by atoms with Crippen molar-refractivity contribution in [2.45, 2.75) is 0 Å². The van der Waals surface area contributed by atoms with Crippen LogP contribution >= 0.6 is 0 Å². The summed E-state index contributed by atoms with van der Waals surface area (Å²) in [6, 6.07) is 0. The Morgan fingerprint density at radius 2 is 2.25 bits per heavy atom. The Kier molecular flexibility index (Phi) is 2.90. The van der Waals surface area contributed by atoms with Crippen LogP contribution in [0.1, 0.15) is 0 Å². The number of hydrogen-bond acceptors (Lipinski definition) is 3. The molecule has 24 valence electrons. The zero-order valence-corrected chi connectivity index (χ0v) is 2.23. The first-order valence-corrected chi connectivity index (χ1v) is 0.958. The van der Waals surface area contributed by atoms with Crippen LogP contribution in [0.15, 0.2) is 0 Å². The van der Waals surface area contributed by atoms with Gasteiger partial charge >= 0.3 is 7.62 Å². The molecule has 0 aromatic heterocycles. The fraction of sp³-hybridized carbons (Fsp3) is 0. The van der Waals surface area contributed by atoms with Gasteiger partial charge in [0.25, 0.3) is 0 Å². The second-order valence-corrected chi connectivity index (χ2v) is 0.362. The van der Waals surface area contributed by atoms with E-state index in [-0.39, 0.29) is 7.62 Å². The molecule has 0 radical (unpaired) electrons. The van der Waals surface area contributed by atoms with Crippen molar-refractivity contribution in [1.82, 2.24) is 5.34 Å². The summed E-state index contributed by atoms with van der Waals surface area (Å²) in [5.41, 5.74) is 0. The SMILES string of the molecule is NNBO. The zero-order valence-electron chi connectivity index (χ0n) is 2.23. The minimum Gasteiger partial charge on any atom is -0.439 e. The van der Waals surface area contributed by atoms with Crippen molar-refractivity contribution in [1.29, 1.82) is 0 Å². The molecule has 0 rings (SSSR count). The second-order valence-electron chi connectivity index (χ2n) is 0.362. The molecule has 0 heterocycles. The van der Waals surface area contributed by atoms with Gasteiger partial charge in [-0.05, 0) is 0 Å². The number of nitrogens with two attached hydrogens (primary N) is 1. The van der Waals surface area contributed by atoms with Crippen LogP contribution < -0.4 is 11.2 Å². The molecule has 0 atom stereocenters. The van der Waals surface area contributed by atoms with Crippen LogP contribution in [0, 0.1) is 0 Å². The van der Waals surface area contributed by atoms with Gasteiger partial charge in [-0.15, -0.1) is 0 Å². The van der Waals surface area contributed by atoms with Crippen molar-refractivity contribution in [2.75, 3.05) is 0 Å². The lowest BCUT2D eigenvalue weighted by atomic mass is 10.3. The average Bonchev–Trinajstić information content (AvgIpc) is 1.37. The Balaban J connectivity index is 1.97. The molecule has 0 aromatic carbocycles. The molecule has 4 N–H and O–H groups in total. The van der Waals surface area contributed by atoms with Gasteiger partial charge in [0.15, 0.2) is 0 Å².